The van der Waals surface area contributed by atoms with Crippen LogP contribution in [0.5, 0.6) is 5.75 Å². The molecule has 1 aliphatic rings. The second kappa shape index (κ2) is 5.98. The average molecular weight is 386 g/mol. The largest absolute Gasteiger partial charge is 0.493 e. The first-order chi connectivity index (χ1) is 11.6. The number of benzene rings is 2. The molecule has 5 heteroatoms. The molecular weight excluding hydrogens is 370 g/mol. The van der Waals surface area contributed by atoms with Crippen molar-refractivity contribution in [3.8, 4) is 5.75 Å². The fraction of sp³-hybridized carbons (Fsp3) is 0.211. The van der Waals surface area contributed by atoms with E-state index in [4.69, 9.17) is 9.15 Å². The fourth-order valence-electron chi connectivity index (χ4n) is 3.13. The maximum Gasteiger partial charge on any atom is 0.287 e. The van der Waals surface area contributed by atoms with E-state index in [-0.39, 0.29) is 11.9 Å². The van der Waals surface area contributed by atoms with Gasteiger partial charge in [0.05, 0.1) is 12.6 Å². The minimum atomic E-state index is -0.193. The predicted octanol–water partition coefficient (Wildman–Crippen LogP) is 4.76. The van der Waals surface area contributed by atoms with Crippen LogP contribution in [0.2, 0.25) is 0 Å². The van der Waals surface area contributed by atoms with E-state index < -0.39 is 0 Å². The molecule has 0 fully saturated rings. The topological polar surface area (TPSA) is 51.5 Å². The van der Waals surface area contributed by atoms with Crippen molar-refractivity contribution in [3.63, 3.8) is 0 Å². The summed E-state index contributed by atoms with van der Waals surface area (Å²) in [6.45, 7) is 2.50. The number of ether oxygens (including phenoxy) is 1. The van der Waals surface area contributed by atoms with Crippen LogP contribution in [-0.2, 0) is 0 Å². The van der Waals surface area contributed by atoms with Crippen LogP contribution >= 0.6 is 15.9 Å². The maximum absolute atomic E-state index is 12.7. The van der Waals surface area contributed by atoms with Crippen LogP contribution in [0.25, 0.3) is 11.0 Å². The lowest BCUT2D eigenvalue weighted by molar-refractivity contribution is 0.0898. The minimum Gasteiger partial charge on any atom is -0.493 e. The summed E-state index contributed by atoms with van der Waals surface area (Å²) in [7, 11) is 0. The highest BCUT2D eigenvalue weighted by Gasteiger charge is 2.25. The van der Waals surface area contributed by atoms with E-state index in [0.717, 1.165) is 33.2 Å². The third kappa shape index (κ3) is 2.59. The molecule has 4 nitrogen and oxygen atoms in total. The Hall–Kier alpha value is -2.27. The van der Waals surface area contributed by atoms with Gasteiger partial charge in [0.25, 0.3) is 5.91 Å². The van der Waals surface area contributed by atoms with Crippen molar-refractivity contribution in [1.29, 1.82) is 0 Å². The zero-order valence-electron chi connectivity index (χ0n) is 13.1. The molecule has 0 aliphatic carbocycles. The van der Waals surface area contributed by atoms with Crippen LogP contribution in [0.1, 0.15) is 34.1 Å². The summed E-state index contributed by atoms with van der Waals surface area (Å²) in [5, 5.41) is 4.03. The smallest absolute Gasteiger partial charge is 0.287 e. The molecule has 0 radical (unpaired) electrons. The Morgan fingerprint density at radius 2 is 2.08 bits per heavy atom. The van der Waals surface area contributed by atoms with Crippen molar-refractivity contribution in [1.82, 2.24) is 5.32 Å². The van der Waals surface area contributed by atoms with Crippen molar-refractivity contribution >= 4 is 32.8 Å². The second-order valence-electron chi connectivity index (χ2n) is 5.90. The number of nitrogens with one attached hydrogen (secondary N) is 1. The number of para-hydroxylation sites is 1. The van der Waals surface area contributed by atoms with Crippen molar-refractivity contribution < 1.29 is 13.9 Å². The number of rotatable bonds is 2. The zero-order chi connectivity index (χ0) is 16.7. The highest BCUT2D eigenvalue weighted by atomic mass is 79.9. The molecule has 3 aromatic rings. The Bertz CT molecular complexity index is 932. The number of carbonyl (C=O) groups is 1. The molecule has 2 aromatic carbocycles. The normalized spacial score (nSPS) is 16.5. The van der Waals surface area contributed by atoms with Gasteiger partial charge < -0.3 is 14.5 Å². The molecule has 1 unspecified atom stereocenters. The second-order valence-corrected chi connectivity index (χ2v) is 6.81. The van der Waals surface area contributed by atoms with Crippen molar-refractivity contribution in [2.75, 3.05) is 6.61 Å². The molecule has 0 saturated heterocycles. The number of halogens is 1. The van der Waals surface area contributed by atoms with Gasteiger partial charge in [0.2, 0.25) is 0 Å². The quantitative estimate of drug-likeness (QED) is 0.691. The lowest BCUT2D eigenvalue weighted by Gasteiger charge is -2.26. The Morgan fingerprint density at radius 1 is 1.25 bits per heavy atom. The monoisotopic (exact) mass is 385 g/mol. The molecule has 0 saturated carbocycles. The van der Waals surface area contributed by atoms with Crippen LogP contribution in [0.4, 0.5) is 0 Å². The van der Waals surface area contributed by atoms with E-state index in [0.29, 0.717) is 18.0 Å². The van der Waals surface area contributed by atoms with E-state index in [9.17, 15) is 4.79 Å². The molecule has 2 heterocycles. The Kier molecular flexibility index (Phi) is 3.81. The van der Waals surface area contributed by atoms with Gasteiger partial charge in [-0.1, -0.05) is 34.1 Å². The summed E-state index contributed by atoms with van der Waals surface area (Å²) in [5.74, 6) is 1.01. The molecule has 24 heavy (non-hydrogen) atoms. The van der Waals surface area contributed by atoms with E-state index in [1.165, 1.54) is 0 Å². The van der Waals surface area contributed by atoms with Gasteiger partial charge in [-0.2, -0.15) is 0 Å². The highest BCUT2D eigenvalue weighted by Crippen LogP contribution is 2.33. The molecule has 1 aromatic heterocycles. The molecule has 0 spiro atoms. The van der Waals surface area contributed by atoms with Gasteiger partial charge in [0.1, 0.15) is 11.3 Å². The highest BCUT2D eigenvalue weighted by molar-refractivity contribution is 9.10. The standard InChI is InChI=1S/C19H16BrNO3/c1-11-14-10-12(20)6-7-17(14)24-18(11)19(22)21-15-8-9-23-16-5-3-2-4-13(15)16/h2-7,10,15H,8-9H2,1H3,(H,21,22). The first-order valence-corrected chi connectivity index (χ1v) is 8.64. The molecule has 1 amide bonds. The first kappa shape index (κ1) is 15.3. The lowest BCUT2D eigenvalue weighted by atomic mass is 10.0. The van der Waals surface area contributed by atoms with Crippen molar-refractivity contribution in [3.05, 3.63) is 63.8 Å². The Labute approximate surface area is 147 Å². The number of hydrogen-bond acceptors (Lipinski definition) is 3. The van der Waals surface area contributed by atoms with E-state index in [1.807, 2.05) is 49.4 Å². The van der Waals surface area contributed by atoms with Gasteiger partial charge in [-0.05, 0) is 31.2 Å². The van der Waals surface area contributed by atoms with Crippen LogP contribution in [0, 0.1) is 6.92 Å². The molecule has 0 bridgehead atoms. The molecular formula is C19H16BrNO3. The number of amides is 1. The summed E-state index contributed by atoms with van der Waals surface area (Å²) >= 11 is 3.45. The fourth-order valence-corrected chi connectivity index (χ4v) is 3.49. The van der Waals surface area contributed by atoms with Gasteiger partial charge in [0.15, 0.2) is 5.76 Å². The molecule has 4 rings (SSSR count). The number of carbonyl (C=O) groups excluding carboxylic acids is 1. The van der Waals surface area contributed by atoms with Crippen molar-refractivity contribution in [2.24, 2.45) is 0 Å². The third-order valence-electron chi connectivity index (χ3n) is 4.37. The summed E-state index contributed by atoms with van der Waals surface area (Å²) in [5.41, 5.74) is 2.57. The van der Waals surface area contributed by atoms with Gasteiger partial charge in [-0.25, -0.2) is 0 Å². The molecule has 1 aliphatic heterocycles. The predicted molar refractivity (Wildman–Crippen MR) is 95.4 cm³/mol. The lowest BCUT2D eigenvalue weighted by Crippen LogP contribution is -2.32. The van der Waals surface area contributed by atoms with Crippen LogP contribution in [0.15, 0.2) is 51.4 Å². The summed E-state index contributed by atoms with van der Waals surface area (Å²) in [6, 6.07) is 13.5. The zero-order valence-corrected chi connectivity index (χ0v) is 14.7. The number of fused-ring (bicyclic) bond motifs is 2. The Morgan fingerprint density at radius 3 is 2.96 bits per heavy atom. The average Bonchev–Trinajstić information content (AvgIpc) is 2.92. The van der Waals surface area contributed by atoms with E-state index in [1.54, 1.807) is 0 Å². The minimum absolute atomic E-state index is 0.0678. The maximum atomic E-state index is 12.7. The summed E-state index contributed by atoms with van der Waals surface area (Å²) < 4.78 is 12.4. The van der Waals surface area contributed by atoms with Gasteiger partial charge in [-0.15, -0.1) is 0 Å². The number of aryl methyl sites for hydroxylation is 1. The van der Waals surface area contributed by atoms with Crippen LogP contribution in [0.3, 0.4) is 0 Å². The van der Waals surface area contributed by atoms with Crippen LogP contribution < -0.4 is 10.1 Å². The van der Waals surface area contributed by atoms with E-state index in [2.05, 4.69) is 21.2 Å². The van der Waals surface area contributed by atoms with Gasteiger partial charge in [-0.3, -0.25) is 4.79 Å². The Balaban J connectivity index is 1.65. The summed E-state index contributed by atoms with van der Waals surface area (Å²) in [6.07, 6.45) is 0.744. The van der Waals surface area contributed by atoms with Gasteiger partial charge in [0, 0.05) is 27.4 Å². The summed E-state index contributed by atoms with van der Waals surface area (Å²) in [4.78, 5) is 12.7. The molecule has 1 N–H and O–H groups in total. The SMILES string of the molecule is Cc1c(C(=O)NC2CCOc3ccccc32)oc2ccc(Br)cc12. The van der Waals surface area contributed by atoms with Crippen LogP contribution in [-0.4, -0.2) is 12.5 Å². The number of furan rings is 1. The third-order valence-corrected chi connectivity index (χ3v) is 4.86. The number of hydrogen-bond donors (Lipinski definition) is 1. The van der Waals surface area contributed by atoms with Gasteiger partial charge >= 0.3 is 0 Å². The molecule has 122 valence electrons. The molecule has 1 atom stereocenters. The van der Waals surface area contributed by atoms with Crippen molar-refractivity contribution in [2.45, 2.75) is 19.4 Å². The first-order valence-electron chi connectivity index (χ1n) is 7.85. The van der Waals surface area contributed by atoms with E-state index >= 15 is 0 Å².